The Kier molecular flexibility index (Phi) is 11.7. The van der Waals surface area contributed by atoms with Crippen LogP contribution in [0.5, 0.6) is 0 Å². The van der Waals surface area contributed by atoms with Gasteiger partial charge < -0.3 is 4.57 Å². The van der Waals surface area contributed by atoms with E-state index in [1.165, 1.54) is 55.1 Å². The Balaban J connectivity index is 0.000000222. The van der Waals surface area contributed by atoms with Gasteiger partial charge in [-0.25, -0.2) is 4.98 Å². The van der Waals surface area contributed by atoms with Gasteiger partial charge in [0, 0.05) is 18.9 Å². The third-order valence-corrected chi connectivity index (χ3v) is 5.32. The van der Waals surface area contributed by atoms with E-state index in [4.69, 9.17) is 0 Å². The number of hydrogen-bond donors (Lipinski definition) is 0. The number of rotatable bonds is 11. The van der Waals surface area contributed by atoms with Crippen LogP contribution in [0.25, 0.3) is 0 Å². The highest BCUT2D eigenvalue weighted by Crippen LogP contribution is 2.11. The summed E-state index contributed by atoms with van der Waals surface area (Å²) in [6, 6.07) is 19.4. The van der Waals surface area contributed by atoms with E-state index in [0.29, 0.717) is 5.92 Å². The predicted octanol–water partition coefficient (Wildman–Crippen LogP) is 6.58. The lowest BCUT2D eigenvalue weighted by Crippen LogP contribution is -2.17. The second-order valence-electron chi connectivity index (χ2n) is 8.29. The van der Waals surface area contributed by atoms with Crippen LogP contribution in [-0.2, 0) is 12.9 Å². The van der Waals surface area contributed by atoms with Gasteiger partial charge in [-0.05, 0) is 24.2 Å². The molecule has 0 aliphatic carbocycles. The number of aryl methyl sites for hydroxylation is 1. The molecule has 0 spiro atoms. The Labute approximate surface area is 185 Å². The Hall–Kier alpha value is -2.29. The molecule has 1 aromatic heterocycles. The summed E-state index contributed by atoms with van der Waals surface area (Å²) < 4.78 is 2.15. The van der Waals surface area contributed by atoms with Gasteiger partial charge in [0.25, 0.3) is 0 Å². The van der Waals surface area contributed by atoms with Crippen LogP contribution in [0.15, 0.2) is 73.3 Å². The van der Waals surface area contributed by atoms with Crippen LogP contribution in [0.2, 0.25) is 0 Å². The minimum atomic E-state index is 0.597. The van der Waals surface area contributed by atoms with Crippen molar-refractivity contribution < 1.29 is 0 Å². The van der Waals surface area contributed by atoms with E-state index in [2.05, 4.69) is 92.2 Å². The minimum Gasteiger partial charge on any atom is -0.337 e. The third kappa shape index (κ3) is 9.96. The van der Waals surface area contributed by atoms with E-state index >= 15 is 0 Å². The first-order valence-electron chi connectivity index (χ1n) is 11.6. The molecule has 0 saturated carbocycles. The number of unbranched alkanes of at least 4 members (excludes halogenated alkanes) is 5. The molecular formula is C27H38BN2. The lowest BCUT2D eigenvalue weighted by molar-refractivity contribution is 0.558. The Morgan fingerprint density at radius 1 is 0.900 bits per heavy atom. The van der Waals surface area contributed by atoms with Crippen LogP contribution in [0, 0.1) is 0 Å². The van der Waals surface area contributed by atoms with Crippen LogP contribution >= 0.6 is 0 Å². The summed E-state index contributed by atoms with van der Waals surface area (Å²) in [6.45, 7) is 7.85. The first-order valence-corrected chi connectivity index (χ1v) is 11.6. The average Bonchev–Trinajstić information content (AvgIpc) is 3.30. The first-order chi connectivity index (χ1) is 14.7. The molecule has 1 heterocycles. The SMILES string of the molecule is CC(C)c1cccc([B]Cc2ccccc2)c1.CCCCCCCCn1ccnc1. The molecule has 0 atom stereocenters. The number of nitrogens with zero attached hydrogens (tertiary/aromatic N) is 2. The van der Waals surface area contributed by atoms with Gasteiger partial charge in [-0.1, -0.05) is 118 Å². The number of aromatic nitrogens is 2. The summed E-state index contributed by atoms with van der Waals surface area (Å²) in [5, 5.41) is 0. The minimum absolute atomic E-state index is 0.597. The molecule has 30 heavy (non-hydrogen) atoms. The van der Waals surface area contributed by atoms with Crippen molar-refractivity contribution in [1.29, 1.82) is 0 Å². The summed E-state index contributed by atoms with van der Waals surface area (Å²) in [4.78, 5) is 4.01. The first kappa shape index (κ1) is 24.0. The standard InChI is InChI=1S/C16H18B.C11H20N2/c1-13(2)15-9-6-10-16(11-15)17-12-14-7-4-3-5-8-14;1-2-3-4-5-6-7-9-13-10-8-12-11-13/h3-11,13H,12H2,1-2H3;8,10-11H,2-7,9H2,1H3. The maximum atomic E-state index is 4.01. The molecule has 0 aliphatic heterocycles. The van der Waals surface area contributed by atoms with Gasteiger partial charge in [-0.2, -0.15) is 0 Å². The molecule has 2 nitrogen and oxygen atoms in total. The lowest BCUT2D eigenvalue weighted by Gasteiger charge is -2.07. The molecule has 2 aromatic carbocycles. The van der Waals surface area contributed by atoms with Crippen molar-refractivity contribution in [2.45, 2.75) is 78.1 Å². The largest absolute Gasteiger partial charge is 0.337 e. The summed E-state index contributed by atoms with van der Waals surface area (Å²) >= 11 is 0. The van der Waals surface area contributed by atoms with E-state index in [9.17, 15) is 0 Å². The molecule has 0 fully saturated rings. The van der Waals surface area contributed by atoms with Gasteiger partial charge in [0.05, 0.1) is 6.33 Å². The Morgan fingerprint density at radius 3 is 2.37 bits per heavy atom. The predicted molar refractivity (Wildman–Crippen MR) is 132 cm³/mol. The van der Waals surface area contributed by atoms with Crippen molar-refractivity contribution in [3.63, 3.8) is 0 Å². The molecule has 0 aliphatic rings. The van der Waals surface area contributed by atoms with Crippen molar-refractivity contribution in [2.75, 3.05) is 0 Å². The van der Waals surface area contributed by atoms with Crippen LogP contribution in [-0.4, -0.2) is 16.8 Å². The zero-order valence-electron chi connectivity index (χ0n) is 19.1. The van der Waals surface area contributed by atoms with E-state index < -0.39 is 0 Å². The molecule has 0 amide bonds. The van der Waals surface area contributed by atoms with Gasteiger partial charge in [0.15, 0.2) is 7.28 Å². The van der Waals surface area contributed by atoms with E-state index in [-0.39, 0.29) is 0 Å². The summed E-state index contributed by atoms with van der Waals surface area (Å²) in [7, 11) is 2.29. The molecule has 0 saturated heterocycles. The summed E-state index contributed by atoms with van der Waals surface area (Å²) in [6.07, 6.45) is 14.9. The van der Waals surface area contributed by atoms with Crippen molar-refractivity contribution in [3.05, 3.63) is 84.4 Å². The highest BCUT2D eigenvalue weighted by molar-refractivity contribution is 6.52. The molecule has 0 bridgehead atoms. The van der Waals surface area contributed by atoms with Crippen molar-refractivity contribution in [2.24, 2.45) is 0 Å². The molecule has 3 rings (SSSR count). The maximum absolute atomic E-state index is 4.01. The second-order valence-corrected chi connectivity index (χ2v) is 8.29. The van der Waals surface area contributed by atoms with Gasteiger partial charge in [-0.15, -0.1) is 0 Å². The van der Waals surface area contributed by atoms with Gasteiger partial charge in [0.1, 0.15) is 0 Å². The molecule has 3 aromatic rings. The van der Waals surface area contributed by atoms with Crippen molar-refractivity contribution in [1.82, 2.24) is 9.55 Å². The molecule has 1 radical (unpaired) electrons. The van der Waals surface area contributed by atoms with Crippen molar-refractivity contribution in [3.8, 4) is 0 Å². The van der Waals surface area contributed by atoms with Crippen LogP contribution < -0.4 is 5.46 Å². The fraction of sp³-hybridized carbons (Fsp3) is 0.444. The average molecular weight is 401 g/mol. The van der Waals surface area contributed by atoms with Crippen LogP contribution in [0.4, 0.5) is 0 Å². The third-order valence-electron chi connectivity index (χ3n) is 5.32. The monoisotopic (exact) mass is 401 g/mol. The fourth-order valence-corrected chi connectivity index (χ4v) is 3.39. The molecule has 0 unspecified atom stereocenters. The lowest BCUT2D eigenvalue weighted by atomic mass is 9.65. The summed E-state index contributed by atoms with van der Waals surface area (Å²) in [5.41, 5.74) is 4.09. The normalized spacial score (nSPS) is 10.5. The molecule has 3 heteroatoms. The summed E-state index contributed by atoms with van der Waals surface area (Å²) in [5.74, 6) is 0.597. The molecule has 159 valence electrons. The smallest absolute Gasteiger partial charge is 0.156 e. The van der Waals surface area contributed by atoms with Crippen LogP contribution in [0.3, 0.4) is 0 Å². The molecular weight excluding hydrogens is 363 g/mol. The number of benzene rings is 2. The zero-order chi connectivity index (χ0) is 21.4. The van der Waals surface area contributed by atoms with Crippen LogP contribution in [0.1, 0.15) is 76.3 Å². The van der Waals surface area contributed by atoms with E-state index in [1.807, 2.05) is 18.7 Å². The topological polar surface area (TPSA) is 17.8 Å². The van der Waals surface area contributed by atoms with E-state index in [0.717, 1.165) is 12.9 Å². The highest BCUT2D eigenvalue weighted by atomic mass is 15.0. The number of imidazole rings is 1. The maximum Gasteiger partial charge on any atom is 0.156 e. The van der Waals surface area contributed by atoms with E-state index in [1.54, 1.807) is 0 Å². The number of hydrogen-bond acceptors (Lipinski definition) is 1. The second kappa shape index (κ2) is 14.7. The van der Waals surface area contributed by atoms with Gasteiger partial charge in [-0.3, -0.25) is 0 Å². The van der Waals surface area contributed by atoms with Gasteiger partial charge in [0.2, 0.25) is 0 Å². The van der Waals surface area contributed by atoms with Crippen molar-refractivity contribution >= 4 is 12.7 Å². The zero-order valence-corrected chi connectivity index (χ0v) is 19.1. The quantitative estimate of drug-likeness (QED) is 0.262. The fourth-order valence-electron chi connectivity index (χ4n) is 3.39. The van der Waals surface area contributed by atoms with Gasteiger partial charge >= 0.3 is 0 Å². The highest BCUT2D eigenvalue weighted by Gasteiger charge is 2.02. The Bertz CT molecular complexity index is 782. The Morgan fingerprint density at radius 2 is 1.67 bits per heavy atom. The molecule has 0 N–H and O–H groups in total.